The Hall–Kier alpha value is -1.63. The second-order valence-corrected chi connectivity index (χ2v) is 6.73. The number of halogens is 1. The minimum absolute atomic E-state index is 0.000506. The monoisotopic (exact) mass is 357 g/mol. The Balaban J connectivity index is 2.87. The number of nitrogens with one attached hydrogen (secondary N) is 2. The highest BCUT2D eigenvalue weighted by molar-refractivity contribution is 9.10. The summed E-state index contributed by atoms with van der Waals surface area (Å²) in [7, 11) is 0. The molecule has 116 valence electrons. The van der Waals surface area contributed by atoms with Crippen LogP contribution in [0, 0.1) is 0 Å². The van der Waals surface area contributed by atoms with Gasteiger partial charge in [0.05, 0.1) is 0 Å². The maximum atomic E-state index is 11.9. The summed E-state index contributed by atoms with van der Waals surface area (Å²) in [6.45, 7) is 9.01. The van der Waals surface area contributed by atoms with Gasteiger partial charge in [0.25, 0.3) is 5.91 Å². The highest BCUT2D eigenvalue weighted by Crippen LogP contribution is 2.17. The molecule has 1 rings (SSSR count). The number of hydrogen-bond donors (Lipinski definition) is 2. The van der Waals surface area contributed by atoms with Crippen LogP contribution in [0.15, 0.2) is 16.6 Å². The lowest BCUT2D eigenvalue weighted by Crippen LogP contribution is -2.31. The molecule has 0 fully saturated rings. The van der Waals surface area contributed by atoms with E-state index in [1.54, 1.807) is 32.9 Å². The number of ether oxygens (including phenoxy) is 1. The summed E-state index contributed by atoms with van der Waals surface area (Å²) in [6, 6.07) is 3.18. The largest absolute Gasteiger partial charge is 0.444 e. The fourth-order valence-corrected chi connectivity index (χ4v) is 1.86. The molecule has 1 heterocycles. The number of nitrogens with zero attached hydrogens (tertiary/aromatic N) is 1. The van der Waals surface area contributed by atoms with E-state index in [0.29, 0.717) is 4.47 Å². The summed E-state index contributed by atoms with van der Waals surface area (Å²) >= 11 is 3.29. The maximum absolute atomic E-state index is 11.9. The minimum Gasteiger partial charge on any atom is -0.444 e. The first kappa shape index (κ1) is 17.4. The summed E-state index contributed by atoms with van der Waals surface area (Å²) in [6.07, 6.45) is -0.622. The highest BCUT2D eigenvalue weighted by Gasteiger charge is 2.18. The first-order chi connectivity index (χ1) is 9.56. The topological polar surface area (TPSA) is 80.3 Å². The normalized spacial score (nSPS) is 11.2. The molecule has 0 aliphatic heterocycles. The zero-order valence-electron chi connectivity index (χ0n) is 12.8. The summed E-state index contributed by atoms with van der Waals surface area (Å²) < 4.78 is 5.78. The van der Waals surface area contributed by atoms with E-state index in [2.05, 4.69) is 31.5 Å². The second-order valence-electron chi connectivity index (χ2n) is 5.81. The smallest absolute Gasteiger partial charge is 0.413 e. The van der Waals surface area contributed by atoms with Crippen LogP contribution in [0.25, 0.3) is 0 Å². The average molecular weight is 358 g/mol. The third kappa shape index (κ3) is 6.57. The Morgan fingerprint density at radius 1 is 1.29 bits per heavy atom. The predicted molar refractivity (Wildman–Crippen MR) is 84.4 cm³/mol. The van der Waals surface area contributed by atoms with Crippen LogP contribution >= 0.6 is 15.9 Å². The number of rotatable bonds is 3. The molecule has 7 heteroatoms. The van der Waals surface area contributed by atoms with E-state index in [9.17, 15) is 9.59 Å². The van der Waals surface area contributed by atoms with Crippen LogP contribution in [0.5, 0.6) is 0 Å². The third-order valence-corrected chi connectivity index (χ3v) is 2.53. The van der Waals surface area contributed by atoms with Crippen molar-refractivity contribution in [1.82, 2.24) is 10.3 Å². The number of hydrogen-bond acceptors (Lipinski definition) is 4. The molecule has 0 unspecified atom stereocenters. The standard InChI is InChI=1S/C14H20BrN3O3/c1-8(2)16-12(19)10-6-9(15)7-11(17-10)18-13(20)21-14(3,4)5/h6-8H,1-5H3,(H,16,19)(H,17,18,20). The van der Waals surface area contributed by atoms with E-state index >= 15 is 0 Å². The van der Waals surface area contributed by atoms with Crippen LogP contribution in [0.2, 0.25) is 0 Å². The molecule has 0 saturated heterocycles. The summed E-state index contributed by atoms with van der Waals surface area (Å²) in [5.41, 5.74) is -0.391. The molecular formula is C14H20BrN3O3. The van der Waals surface area contributed by atoms with Crippen molar-refractivity contribution in [3.05, 3.63) is 22.3 Å². The number of amides is 2. The fourth-order valence-electron chi connectivity index (χ4n) is 1.42. The van der Waals surface area contributed by atoms with Crippen molar-refractivity contribution < 1.29 is 14.3 Å². The molecule has 0 atom stereocenters. The van der Waals surface area contributed by atoms with Crippen molar-refractivity contribution in [3.8, 4) is 0 Å². The van der Waals surface area contributed by atoms with Gasteiger partial charge in [-0.1, -0.05) is 15.9 Å². The van der Waals surface area contributed by atoms with Crippen LogP contribution in [-0.2, 0) is 4.74 Å². The Labute approximate surface area is 132 Å². The molecule has 0 bridgehead atoms. The Bertz CT molecular complexity index is 539. The lowest BCUT2D eigenvalue weighted by atomic mass is 10.2. The van der Waals surface area contributed by atoms with Gasteiger partial charge in [-0.3, -0.25) is 10.1 Å². The van der Waals surface area contributed by atoms with E-state index in [1.807, 2.05) is 13.8 Å². The number of aromatic nitrogens is 1. The molecular weight excluding hydrogens is 338 g/mol. The third-order valence-electron chi connectivity index (χ3n) is 2.07. The van der Waals surface area contributed by atoms with Gasteiger partial charge in [-0.25, -0.2) is 9.78 Å². The quantitative estimate of drug-likeness (QED) is 0.869. The number of pyridine rings is 1. The summed E-state index contributed by atoms with van der Waals surface area (Å²) in [5.74, 6) is -0.0638. The molecule has 1 aromatic heterocycles. The van der Waals surface area contributed by atoms with Crippen LogP contribution in [0.3, 0.4) is 0 Å². The van der Waals surface area contributed by atoms with Crippen molar-refractivity contribution in [2.75, 3.05) is 5.32 Å². The SMILES string of the molecule is CC(C)NC(=O)c1cc(Br)cc(NC(=O)OC(C)(C)C)n1. The zero-order valence-corrected chi connectivity index (χ0v) is 14.4. The number of anilines is 1. The van der Waals surface area contributed by atoms with Crippen LogP contribution in [0.4, 0.5) is 10.6 Å². The number of carbonyl (C=O) groups is 2. The predicted octanol–water partition coefficient (Wildman–Crippen LogP) is 3.33. The zero-order chi connectivity index (χ0) is 16.2. The van der Waals surface area contributed by atoms with Gasteiger partial charge < -0.3 is 10.1 Å². The molecule has 0 aliphatic carbocycles. The van der Waals surface area contributed by atoms with Crippen molar-refractivity contribution in [1.29, 1.82) is 0 Å². The first-order valence-corrected chi connectivity index (χ1v) is 7.34. The maximum Gasteiger partial charge on any atom is 0.413 e. The molecule has 0 saturated carbocycles. The van der Waals surface area contributed by atoms with Crippen LogP contribution in [-0.4, -0.2) is 28.6 Å². The first-order valence-electron chi connectivity index (χ1n) is 6.55. The van der Waals surface area contributed by atoms with Crippen molar-refractivity contribution in [2.24, 2.45) is 0 Å². The molecule has 0 radical (unpaired) electrons. The van der Waals surface area contributed by atoms with Gasteiger partial charge in [-0.15, -0.1) is 0 Å². The van der Waals surface area contributed by atoms with Gasteiger partial charge in [0, 0.05) is 10.5 Å². The summed E-state index contributed by atoms with van der Waals surface area (Å²) in [5, 5.41) is 5.24. The molecule has 6 nitrogen and oxygen atoms in total. The van der Waals surface area contributed by atoms with Gasteiger partial charge in [0.15, 0.2) is 0 Å². The Morgan fingerprint density at radius 2 is 1.90 bits per heavy atom. The Kier molecular flexibility index (Phi) is 5.71. The molecule has 2 N–H and O–H groups in total. The van der Waals surface area contributed by atoms with E-state index in [4.69, 9.17) is 4.74 Å². The second kappa shape index (κ2) is 6.89. The van der Waals surface area contributed by atoms with E-state index in [1.165, 1.54) is 0 Å². The van der Waals surface area contributed by atoms with Crippen LogP contribution in [0.1, 0.15) is 45.1 Å². The van der Waals surface area contributed by atoms with E-state index < -0.39 is 11.7 Å². The van der Waals surface area contributed by atoms with Gasteiger partial charge in [-0.2, -0.15) is 0 Å². The summed E-state index contributed by atoms with van der Waals surface area (Å²) in [4.78, 5) is 27.7. The van der Waals surface area contributed by atoms with Crippen molar-refractivity contribution in [3.63, 3.8) is 0 Å². The van der Waals surface area contributed by atoms with E-state index in [0.717, 1.165) is 0 Å². The van der Waals surface area contributed by atoms with E-state index in [-0.39, 0.29) is 23.5 Å². The van der Waals surface area contributed by atoms with Gasteiger partial charge in [-0.05, 0) is 46.8 Å². The Morgan fingerprint density at radius 3 is 2.43 bits per heavy atom. The molecule has 1 aromatic rings. The molecule has 21 heavy (non-hydrogen) atoms. The van der Waals surface area contributed by atoms with Crippen molar-refractivity contribution in [2.45, 2.75) is 46.3 Å². The molecule has 0 spiro atoms. The molecule has 0 aliphatic rings. The van der Waals surface area contributed by atoms with Gasteiger partial charge in [0.1, 0.15) is 17.1 Å². The molecule has 2 amide bonds. The average Bonchev–Trinajstić information content (AvgIpc) is 2.23. The highest BCUT2D eigenvalue weighted by atomic mass is 79.9. The van der Waals surface area contributed by atoms with Crippen LogP contribution < -0.4 is 10.6 Å². The molecule has 0 aromatic carbocycles. The lowest BCUT2D eigenvalue weighted by Gasteiger charge is -2.19. The fraction of sp³-hybridized carbons (Fsp3) is 0.500. The lowest BCUT2D eigenvalue weighted by molar-refractivity contribution is 0.0634. The van der Waals surface area contributed by atoms with Gasteiger partial charge >= 0.3 is 6.09 Å². The van der Waals surface area contributed by atoms with Gasteiger partial charge in [0.2, 0.25) is 0 Å². The minimum atomic E-state index is -0.622. The van der Waals surface area contributed by atoms with Crippen molar-refractivity contribution >= 4 is 33.7 Å². The number of carbonyl (C=O) groups excluding carboxylic acids is 2.